The van der Waals surface area contributed by atoms with Crippen LogP contribution in [0.15, 0.2) is 29.2 Å². The van der Waals surface area contributed by atoms with E-state index >= 15 is 0 Å². The lowest BCUT2D eigenvalue weighted by Crippen LogP contribution is -2.44. The Morgan fingerprint density at radius 3 is 2.48 bits per heavy atom. The third-order valence-corrected chi connectivity index (χ3v) is 6.07. The second kappa shape index (κ2) is 8.34. The zero-order chi connectivity index (χ0) is 21.3. The number of carbonyl (C=O) groups is 4. The molecule has 0 spiro atoms. The zero-order valence-electron chi connectivity index (χ0n) is 15.5. The molecule has 2 aliphatic heterocycles. The monoisotopic (exact) mass is 434 g/mol. The fraction of sp³-hybridized carbons (Fsp3) is 0.316. The molecule has 0 aliphatic carbocycles. The number of carboxylic acids is 2. The predicted molar refractivity (Wildman–Crippen MR) is 111 cm³/mol. The number of hydrogen-bond acceptors (Lipinski definition) is 6. The number of fused-ring (bicyclic) bond motifs is 1. The van der Waals surface area contributed by atoms with Crippen LogP contribution >= 0.6 is 24.0 Å². The first-order chi connectivity index (χ1) is 13.8. The molecule has 2 amide bonds. The molecule has 29 heavy (non-hydrogen) atoms. The summed E-state index contributed by atoms with van der Waals surface area (Å²) < 4.78 is 0.0722. The van der Waals surface area contributed by atoms with Gasteiger partial charge < -0.3 is 10.2 Å². The molecule has 1 fully saturated rings. The molecule has 0 aromatic heterocycles. The molecule has 1 atom stereocenters. The van der Waals surface area contributed by atoms with Gasteiger partial charge in [0.25, 0.3) is 11.8 Å². The van der Waals surface area contributed by atoms with Crippen molar-refractivity contribution in [1.29, 1.82) is 0 Å². The first-order valence-electron chi connectivity index (χ1n) is 8.93. The van der Waals surface area contributed by atoms with Gasteiger partial charge in [0.05, 0.1) is 16.2 Å². The van der Waals surface area contributed by atoms with Crippen LogP contribution in [0.3, 0.4) is 0 Å². The maximum Gasteiger partial charge on any atom is 0.326 e. The van der Waals surface area contributed by atoms with Crippen molar-refractivity contribution in [3.8, 4) is 0 Å². The van der Waals surface area contributed by atoms with Gasteiger partial charge in [-0.3, -0.25) is 24.2 Å². The number of hydrogen-bond donors (Lipinski definition) is 2. The van der Waals surface area contributed by atoms with Crippen molar-refractivity contribution in [3.05, 3.63) is 34.7 Å². The standard InChI is InChI=1S/C19H18N2O6S2/c1-2-3-7-12(18(26)27)21-17(25)15(29-19(21)28)14-10-6-4-5-8-11(10)20(16(14)24)9-13(22)23/h4-6,8,12H,2-3,7,9H2,1H3,(H,22,23)(H,26,27). The molecule has 3 rings (SSSR count). The molecule has 1 saturated heterocycles. The van der Waals surface area contributed by atoms with Crippen LogP contribution in [0.4, 0.5) is 5.69 Å². The van der Waals surface area contributed by atoms with Crippen molar-refractivity contribution < 1.29 is 29.4 Å². The first-order valence-corrected chi connectivity index (χ1v) is 10.2. The quantitative estimate of drug-likeness (QED) is 0.496. The molecule has 2 N–H and O–H groups in total. The van der Waals surface area contributed by atoms with E-state index in [-0.39, 0.29) is 21.2 Å². The zero-order valence-corrected chi connectivity index (χ0v) is 17.1. The number of rotatable bonds is 7. The molecular formula is C19H18N2O6S2. The minimum atomic E-state index is -1.19. The maximum absolute atomic E-state index is 13.1. The van der Waals surface area contributed by atoms with Gasteiger partial charge in [-0.15, -0.1) is 0 Å². The minimum absolute atomic E-state index is 0.0306. The lowest BCUT2D eigenvalue weighted by molar-refractivity contribution is -0.145. The van der Waals surface area contributed by atoms with Crippen LogP contribution in [0.25, 0.3) is 5.57 Å². The molecular weight excluding hydrogens is 416 g/mol. The number of anilines is 1. The van der Waals surface area contributed by atoms with Crippen LogP contribution in [0.2, 0.25) is 0 Å². The Hall–Kier alpha value is -2.72. The molecule has 0 bridgehead atoms. The Kier molecular flexibility index (Phi) is 6.04. The van der Waals surface area contributed by atoms with Crippen molar-refractivity contribution in [2.45, 2.75) is 32.2 Å². The van der Waals surface area contributed by atoms with Crippen LogP contribution in [-0.4, -0.2) is 55.8 Å². The second-order valence-electron chi connectivity index (χ2n) is 6.55. The maximum atomic E-state index is 13.1. The summed E-state index contributed by atoms with van der Waals surface area (Å²) in [5, 5.41) is 18.7. The van der Waals surface area contributed by atoms with E-state index in [1.54, 1.807) is 24.3 Å². The first kappa shape index (κ1) is 21.0. The molecule has 152 valence electrons. The summed E-state index contributed by atoms with van der Waals surface area (Å²) in [5.41, 5.74) is 0.877. The Morgan fingerprint density at radius 1 is 1.17 bits per heavy atom. The smallest absolute Gasteiger partial charge is 0.326 e. The Bertz CT molecular complexity index is 958. The highest BCUT2D eigenvalue weighted by Crippen LogP contribution is 2.45. The number of carbonyl (C=O) groups excluding carboxylic acids is 2. The number of thioether (sulfide) groups is 1. The molecule has 1 aromatic carbocycles. The highest BCUT2D eigenvalue weighted by Gasteiger charge is 2.45. The van der Waals surface area contributed by atoms with E-state index in [2.05, 4.69) is 0 Å². The lowest BCUT2D eigenvalue weighted by atomic mass is 10.1. The molecule has 2 heterocycles. The van der Waals surface area contributed by atoms with Gasteiger partial charge in [-0.1, -0.05) is 61.9 Å². The number of nitrogens with zero attached hydrogens (tertiary/aromatic N) is 2. The predicted octanol–water partition coefficient (Wildman–Crippen LogP) is 2.33. The van der Waals surface area contributed by atoms with Crippen molar-refractivity contribution in [2.24, 2.45) is 0 Å². The summed E-state index contributed by atoms with van der Waals surface area (Å²) >= 11 is 6.14. The van der Waals surface area contributed by atoms with Gasteiger partial charge >= 0.3 is 11.9 Å². The van der Waals surface area contributed by atoms with Gasteiger partial charge in [0.15, 0.2) is 0 Å². The van der Waals surface area contributed by atoms with Gasteiger partial charge in [-0.25, -0.2) is 4.79 Å². The average Bonchev–Trinajstić information content (AvgIpc) is 3.09. The van der Waals surface area contributed by atoms with Gasteiger partial charge in [-0.2, -0.15) is 0 Å². The Morgan fingerprint density at radius 2 is 1.86 bits per heavy atom. The number of unbranched alkanes of at least 4 members (excludes halogenated alkanes) is 1. The fourth-order valence-corrected chi connectivity index (χ4v) is 4.78. The van der Waals surface area contributed by atoms with E-state index in [1.165, 1.54) is 0 Å². The number of thiocarbonyl (C=S) groups is 1. The SMILES string of the molecule is CCCCC(C(=O)O)N1C(=O)C(=C2C(=O)N(CC(=O)O)c3ccccc32)SC1=S. The molecule has 2 aliphatic rings. The Labute approximate surface area is 176 Å². The van der Waals surface area contributed by atoms with Gasteiger partial charge in [0, 0.05) is 5.56 Å². The molecule has 0 saturated carbocycles. The van der Waals surface area contributed by atoms with E-state index in [9.17, 15) is 24.3 Å². The van der Waals surface area contributed by atoms with E-state index < -0.39 is 36.3 Å². The van der Waals surface area contributed by atoms with Crippen molar-refractivity contribution in [1.82, 2.24) is 4.90 Å². The van der Waals surface area contributed by atoms with Gasteiger partial charge in [0.2, 0.25) is 0 Å². The van der Waals surface area contributed by atoms with E-state index in [4.69, 9.17) is 17.3 Å². The van der Waals surface area contributed by atoms with E-state index in [0.29, 0.717) is 17.7 Å². The molecule has 10 heteroatoms. The highest BCUT2D eigenvalue weighted by molar-refractivity contribution is 8.26. The minimum Gasteiger partial charge on any atom is -0.480 e. The number of para-hydroxylation sites is 1. The number of benzene rings is 1. The second-order valence-corrected chi connectivity index (χ2v) is 8.19. The summed E-state index contributed by atoms with van der Waals surface area (Å²) in [6.07, 6.45) is 1.61. The molecule has 1 aromatic rings. The van der Waals surface area contributed by atoms with Crippen LogP contribution in [-0.2, 0) is 19.2 Å². The van der Waals surface area contributed by atoms with E-state index in [0.717, 1.165) is 28.0 Å². The van der Waals surface area contributed by atoms with Gasteiger partial charge in [0.1, 0.15) is 16.9 Å². The Balaban J connectivity index is 2.06. The average molecular weight is 434 g/mol. The molecule has 0 radical (unpaired) electrons. The van der Waals surface area contributed by atoms with Crippen LogP contribution in [0.5, 0.6) is 0 Å². The van der Waals surface area contributed by atoms with Crippen LogP contribution in [0.1, 0.15) is 31.7 Å². The summed E-state index contributed by atoms with van der Waals surface area (Å²) in [5.74, 6) is -3.60. The van der Waals surface area contributed by atoms with Crippen molar-refractivity contribution in [3.63, 3.8) is 0 Å². The molecule has 8 nitrogen and oxygen atoms in total. The molecule has 1 unspecified atom stereocenters. The van der Waals surface area contributed by atoms with Crippen LogP contribution in [0, 0.1) is 0 Å². The van der Waals surface area contributed by atoms with Crippen molar-refractivity contribution in [2.75, 3.05) is 11.4 Å². The third kappa shape index (κ3) is 3.77. The highest BCUT2D eigenvalue weighted by atomic mass is 32.2. The summed E-state index contributed by atoms with van der Waals surface area (Å²) in [6.45, 7) is 1.37. The third-order valence-electron chi connectivity index (χ3n) is 4.67. The topological polar surface area (TPSA) is 115 Å². The van der Waals surface area contributed by atoms with Crippen molar-refractivity contribution >= 4 is 63.3 Å². The summed E-state index contributed by atoms with van der Waals surface area (Å²) in [7, 11) is 0. The van der Waals surface area contributed by atoms with Crippen LogP contribution < -0.4 is 4.90 Å². The normalized spacial score (nSPS) is 19.7. The number of carboxylic acid groups (broad SMARTS) is 2. The summed E-state index contributed by atoms with van der Waals surface area (Å²) in [4.78, 5) is 51.2. The van der Waals surface area contributed by atoms with E-state index in [1.807, 2.05) is 6.92 Å². The fourth-order valence-electron chi connectivity index (χ4n) is 3.35. The lowest BCUT2D eigenvalue weighted by Gasteiger charge is -2.22. The number of amides is 2. The summed E-state index contributed by atoms with van der Waals surface area (Å²) in [6, 6.07) is 5.47. The number of aliphatic carboxylic acids is 2. The van der Waals surface area contributed by atoms with Gasteiger partial charge in [-0.05, 0) is 12.5 Å². The largest absolute Gasteiger partial charge is 0.480 e.